The number of hydrogen-bond donors (Lipinski definition) is 2. The van der Waals surface area contributed by atoms with Crippen molar-refractivity contribution in [2.75, 3.05) is 19.0 Å². The van der Waals surface area contributed by atoms with E-state index in [0.29, 0.717) is 6.54 Å². The highest BCUT2D eigenvalue weighted by molar-refractivity contribution is 9.10. The fraction of sp³-hybridized carbons (Fsp3) is 0.400. The van der Waals surface area contributed by atoms with E-state index < -0.39 is 0 Å². The van der Waals surface area contributed by atoms with Crippen molar-refractivity contribution >= 4 is 21.6 Å². The van der Waals surface area contributed by atoms with Crippen LogP contribution in [0.5, 0.6) is 5.75 Å². The van der Waals surface area contributed by atoms with Crippen molar-refractivity contribution in [3.63, 3.8) is 0 Å². The van der Waals surface area contributed by atoms with E-state index in [2.05, 4.69) is 21.2 Å². The first-order chi connectivity index (χ1) is 6.63. The van der Waals surface area contributed by atoms with Crippen molar-refractivity contribution in [2.45, 2.75) is 13.0 Å². The molecule has 1 aromatic carbocycles. The lowest BCUT2D eigenvalue weighted by atomic mass is 10.3. The highest BCUT2D eigenvalue weighted by Gasteiger charge is 2.01. The SMILES string of the molecule is COc1cc(NC[C@H](C)O)ccc1Br. The normalized spacial score (nSPS) is 12.3. The van der Waals surface area contributed by atoms with Crippen LogP contribution in [0.2, 0.25) is 0 Å². The Morgan fingerprint density at radius 2 is 2.29 bits per heavy atom. The van der Waals surface area contributed by atoms with Gasteiger partial charge in [0.15, 0.2) is 0 Å². The fourth-order valence-corrected chi connectivity index (χ4v) is 1.44. The maximum Gasteiger partial charge on any atom is 0.135 e. The van der Waals surface area contributed by atoms with E-state index in [0.717, 1.165) is 15.9 Å². The molecule has 0 unspecified atom stereocenters. The van der Waals surface area contributed by atoms with Gasteiger partial charge in [0.1, 0.15) is 5.75 Å². The number of aliphatic hydroxyl groups is 1. The minimum absolute atomic E-state index is 0.357. The number of rotatable bonds is 4. The Hall–Kier alpha value is -0.740. The van der Waals surface area contributed by atoms with Gasteiger partial charge in [0.25, 0.3) is 0 Å². The Morgan fingerprint density at radius 3 is 2.86 bits per heavy atom. The van der Waals surface area contributed by atoms with Gasteiger partial charge >= 0.3 is 0 Å². The summed E-state index contributed by atoms with van der Waals surface area (Å²) in [5, 5.41) is 12.2. The molecule has 0 heterocycles. The van der Waals surface area contributed by atoms with E-state index in [4.69, 9.17) is 9.84 Å². The number of halogens is 1. The van der Waals surface area contributed by atoms with Gasteiger partial charge in [-0.25, -0.2) is 0 Å². The maximum absolute atomic E-state index is 9.09. The molecular weight excluding hydrogens is 246 g/mol. The topological polar surface area (TPSA) is 41.5 Å². The third kappa shape index (κ3) is 3.20. The summed E-state index contributed by atoms with van der Waals surface area (Å²) in [6.45, 7) is 2.27. The standard InChI is InChI=1S/C10H14BrNO2/c1-7(13)6-12-8-3-4-9(11)10(5-8)14-2/h3-5,7,12-13H,6H2,1-2H3/t7-/m0/s1. The molecule has 0 saturated carbocycles. The second-order valence-electron chi connectivity index (χ2n) is 3.08. The van der Waals surface area contributed by atoms with Crippen molar-refractivity contribution in [1.29, 1.82) is 0 Å². The van der Waals surface area contributed by atoms with Crippen molar-refractivity contribution in [3.05, 3.63) is 22.7 Å². The van der Waals surface area contributed by atoms with Crippen LogP contribution in [0.4, 0.5) is 5.69 Å². The molecule has 0 aliphatic heterocycles. The molecule has 1 rings (SSSR count). The number of nitrogens with one attached hydrogen (secondary N) is 1. The predicted molar refractivity (Wildman–Crippen MR) is 60.9 cm³/mol. The van der Waals surface area contributed by atoms with Gasteiger partial charge in [-0.3, -0.25) is 0 Å². The third-order valence-electron chi connectivity index (χ3n) is 1.75. The van der Waals surface area contributed by atoms with E-state index in [1.54, 1.807) is 14.0 Å². The van der Waals surface area contributed by atoms with Crippen LogP contribution in [0.1, 0.15) is 6.92 Å². The van der Waals surface area contributed by atoms with Crippen LogP contribution in [-0.4, -0.2) is 24.9 Å². The molecule has 2 N–H and O–H groups in total. The van der Waals surface area contributed by atoms with Gasteiger partial charge in [-0.1, -0.05) is 0 Å². The average Bonchev–Trinajstić information content (AvgIpc) is 2.16. The highest BCUT2D eigenvalue weighted by atomic mass is 79.9. The molecule has 3 nitrogen and oxygen atoms in total. The molecule has 1 atom stereocenters. The van der Waals surface area contributed by atoms with E-state index in [1.165, 1.54) is 0 Å². The Bertz CT molecular complexity index is 302. The molecule has 14 heavy (non-hydrogen) atoms. The lowest BCUT2D eigenvalue weighted by Gasteiger charge is -2.10. The summed E-state index contributed by atoms with van der Waals surface area (Å²) in [5.74, 6) is 0.778. The molecule has 0 aromatic heterocycles. The molecule has 0 aliphatic carbocycles. The summed E-state index contributed by atoms with van der Waals surface area (Å²) in [6, 6.07) is 5.71. The molecule has 0 radical (unpaired) electrons. The van der Waals surface area contributed by atoms with Gasteiger partial charge in [0.05, 0.1) is 17.7 Å². The third-order valence-corrected chi connectivity index (χ3v) is 2.41. The number of ether oxygens (including phenoxy) is 1. The zero-order valence-corrected chi connectivity index (χ0v) is 9.84. The van der Waals surface area contributed by atoms with Gasteiger partial charge in [0, 0.05) is 18.3 Å². The van der Waals surface area contributed by atoms with Crippen molar-refractivity contribution in [3.8, 4) is 5.75 Å². The summed E-state index contributed by atoms with van der Waals surface area (Å²) in [4.78, 5) is 0. The highest BCUT2D eigenvalue weighted by Crippen LogP contribution is 2.27. The zero-order chi connectivity index (χ0) is 10.6. The van der Waals surface area contributed by atoms with Crippen LogP contribution in [0, 0.1) is 0 Å². The summed E-state index contributed by atoms with van der Waals surface area (Å²) in [6.07, 6.45) is -0.357. The van der Waals surface area contributed by atoms with Crippen LogP contribution in [0.25, 0.3) is 0 Å². The van der Waals surface area contributed by atoms with Crippen molar-refractivity contribution in [1.82, 2.24) is 0 Å². The smallest absolute Gasteiger partial charge is 0.135 e. The molecule has 0 amide bonds. The first-order valence-corrected chi connectivity index (χ1v) is 5.18. The molecule has 0 spiro atoms. The average molecular weight is 260 g/mol. The van der Waals surface area contributed by atoms with Crippen LogP contribution >= 0.6 is 15.9 Å². The van der Waals surface area contributed by atoms with E-state index in [-0.39, 0.29) is 6.10 Å². The van der Waals surface area contributed by atoms with Gasteiger partial charge in [-0.05, 0) is 35.0 Å². The summed E-state index contributed by atoms with van der Waals surface area (Å²) in [5.41, 5.74) is 0.936. The summed E-state index contributed by atoms with van der Waals surface area (Å²) in [7, 11) is 1.62. The minimum atomic E-state index is -0.357. The molecule has 78 valence electrons. The fourth-order valence-electron chi connectivity index (χ4n) is 1.04. The molecule has 0 saturated heterocycles. The Kier molecular flexibility index (Phi) is 4.22. The van der Waals surface area contributed by atoms with Crippen LogP contribution in [0.3, 0.4) is 0 Å². The number of benzene rings is 1. The second kappa shape index (κ2) is 5.22. The summed E-state index contributed by atoms with van der Waals surface area (Å²) < 4.78 is 6.06. The molecular formula is C10H14BrNO2. The summed E-state index contributed by atoms with van der Waals surface area (Å²) >= 11 is 3.37. The number of methoxy groups -OCH3 is 1. The first-order valence-electron chi connectivity index (χ1n) is 4.39. The number of aliphatic hydroxyl groups excluding tert-OH is 1. The van der Waals surface area contributed by atoms with Crippen LogP contribution in [0.15, 0.2) is 22.7 Å². The maximum atomic E-state index is 9.09. The molecule has 0 aliphatic rings. The predicted octanol–water partition coefficient (Wildman–Crippen LogP) is 2.25. The largest absolute Gasteiger partial charge is 0.495 e. The Balaban J connectivity index is 2.69. The lowest BCUT2D eigenvalue weighted by molar-refractivity contribution is 0.208. The van der Waals surface area contributed by atoms with E-state index in [1.807, 2.05) is 18.2 Å². The number of anilines is 1. The van der Waals surface area contributed by atoms with Crippen LogP contribution < -0.4 is 10.1 Å². The van der Waals surface area contributed by atoms with Gasteiger partial charge < -0.3 is 15.2 Å². The Labute approximate surface area is 92.2 Å². The van der Waals surface area contributed by atoms with Crippen molar-refractivity contribution in [2.24, 2.45) is 0 Å². The molecule has 4 heteroatoms. The van der Waals surface area contributed by atoms with Crippen molar-refractivity contribution < 1.29 is 9.84 Å². The zero-order valence-electron chi connectivity index (χ0n) is 8.25. The lowest BCUT2D eigenvalue weighted by Crippen LogP contribution is -2.15. The monoisotopic (exact) mass is 259 g/mol. The van der Waals surface area contributed by atoms with Gasteiger partial charge in [-0.2, -0.15) is 0 Å². The van der Waals surface area contributed by atoms with Gasteiger partial charge in [0.2, 0.25) is 0 Å². The number of hydrogen-bond acceptors (Lipinski definition) is 3. The molecule has 0 bridgehead atoms. The van der Waals surface area contributed by atoms with Gasteiger partial charge in [-0.15, -0.1) is 0 Å². The molecule has 0 fully saturated rings. The Morgan fingerprint density at radius 1 is 1.57 bits per heavy atom. The first kappa shape index (κ1) is 11.3. The second-order valence-corrected chi connectivity index (χ2v) is 3.93. The van der Waals surface area contributed by atoms with E-state index in [9.17, 15) is 0 Å². The van der Waals surface area contributed by atoms with Crippen LogP contribution in [-0.2, 0) is 0 Å². The minimum Gasteiger partial charge on any atom is -0.495 e. The van der Waals surface area contributed by atoms with E-state index >= 15 is 0 Å². The molecule has 1 aromatic rings. The quantitative estimate of drug-likeness (QED) is 0.872.